The molecule has 15 heavy (non-hydrogen) atoms. The molecule has 0 aliphatic heterocycles. The van der Waals surface area contributed by atoms with E-state index in [1.807, 2.05) is 24.3 Å². The summed E-state index contributed by atoms with van der Waals surface area (Å²) < 4.78 is 5.56. The van der Waals surface area contributed by atoms with E-state index in [4.69, 9.17) is 5.11 Å². The third-order valence-corrected chi connectivity index (χ3v) is 2.33. The molecular weight excluding hydrogens is 262 g/mol. The highest BCUT2D eigenvalue weighted by Gasteiger charge is 2.12. The van der Waals surface area contributed by atoms with E-state index in [1.165, 1.54) is 6.07 Å². The summed E-state index contributed by atoms with van der Waals surface area (Å²) in [6.07, 6.45) is 0. The van der Waals surface area contributed by atoms with Gasteiger partial charge in [0, 0.05) is 16.1 Å². The molecule has 0 aliphatic carbocycles. The Morgan fingerprint density at radius 3 is 2.80 bits per heavy atom. The molecule has 1 aromatic carbocycles. The van der Waals surface area contributed by atoms with E-state index in [0.29, 0.717) is 5.69 Å². The summed E-state index contributed by atoms with van der Waals surface area (Å²) in [6, 6.07) is 8.78. The minimum absolute atomic E-state index is 0.162. The number of aromatic nitrogens is 1. The van der Waals surface area contributed by atoms with Gasteiger partial charge in [-0.05, 0) is 12.1 Å². The molecule has 0 atom stereocenters. The zero-order chi connectivity index (χ0) is 10.8. The molecule has 0 radical (unpaired) electrons. The van der Waals surface area contributed by atoms with Gasteiger partial charge in [0.15, 0.2) is 0 Å². The van der Waals surface area contributed by atoms with Crippen LogP contribution < -0.4 is 0 Å². The molecule has 1 N–H and O–H groups in total. The Morgan fingerprint density at radius 2 is 2.20 bits per heavy atom. The first kappa shape index (κ1) is 9.92. The molecule has 2 aromatic rings. The summed E-state index contributed by atoms with van der Waals surface area (Å²) >= 11 is 3.32. The Bertz CT molecular complexity index is 507. The van der Waals surface area contributed by atoms with Crippen LogP contribution in [-0.2, 0) is 0 Å². The number of carbonyl (C=O) groups is 1. The smallest absolute Gasteiger partial charge is 0.374 e. The normalized spacial score (nSPS) is 10.2. The van der Waals surface area contributed by atoms with Crippen LogP contribution in [0.25, 0.3) is 11.3 Å². The lowest BCUT2D eigenvalue weighted by atomic mass is 10.1. The van der Waals surface area contributed by atoms with Crippen LogP contribution in [0.1, 0.15) is 10.6 Å². The van der Waals surface area contributed by atoms with Crippen molar-refractivity contribution in [1.82, 2.24) is 5.16 Å². The van der Waals surface area contributed by atoms with E-state index in [1.54, 1.807) is 0 Å². The highest BCUT2D eigenvalue weighted by molar-refractivity contribution is 9.10. The second-order valence-corrected chi connectivity index (χ2v) is 3.81. The second-order valence-electron chi connectivity index (χ2n) is 2.89. The number of halogens is 1. The number of hydrogen-bond donors (Lipinski definition) is 1. The summed E-state index contributed by atoms with van der Waals surface area (Å²) in [5.41, 5.74) is 1.31. The van der Waals surface area contributed by atoms with Gasteiger partial charge in [-0.1, -0.05) is 33.2 Å². The summed E-state index contributed by atoms with van der Waals surface area (Å²) in [6.45, 7) is 0. The molecule has 4 nitrogen and oxygen atoms in total. The van der Waals surface area contributed by atoms with Gasteiger partial charge in [-0.3, -0.25) is 0 Å². The van der Waals surface area contributed by atoms with E-state index in [9.17, 15) is 4.79 Å². The maximum absolute atomic E-state index is 10.6. The quantitative estimate of drug-likeness (QED) is 0.909. The molecule has 0 bridgehead atoms. The van der Waals surface area contributed by atoms with Gasteiger partial charge in [-0.2, -0.15) is 0 Å². The molecule has 0 amide bonds. The van der Waals surface area contributed by atoms with E-state index >= 15 is 0 Å². The van der Waals surface area contributed by atoms with Gasteiger partial charge in [0.25, 0.3) is 0 Å². The van der Waals surface area contributed by atoms with Crippen LogP contribution in [-0.4, -0.2) is 16.2 Å². The number of carboxylic acid groups (broad SMARTS) is 1. The Labute approximate surface area is 93.6 Å². The van der Waals surface area contributed by atoms with Gasteiger partial charge in [-0.25, -0.2) is 4.79 Å². The molecule has 0 unspecified atom stereocenters. The predicted molar refractivity (Wildman–Crippen MR) is 56.6 cm³/mol. The van der Waals surface area contributed by atoms with Crippen molar-refractivity contribution in [3.63, 3.8) is 0 Å². The fourth-order valence-electron chi connectivity index (χ4n) is 1.16. The Balaban J connectivity index is 2.41. The number of benzene rings is 1. The van der Waals surface area contributed by atoms with E-state index in [0.717, 1.165) is 10.0 Å². The predicted octanol–water partition coefficient (Wildman–Crippen LogP) is 2.80. The van der Waals surface area contributed by atoms with Crippen LogP contribution in [0.3, 0.4) is 0 Å². The number of aromatic carboxylic acids is 1. The van der Waals surface area contributed by atoms with Crippen LogP contribution in [0.5, 0.6) is 0 Å². The lowest BCUT2D eigenvalue weighted by molar-refractivity contribution is 0.0652. The van der Waals surface area contributed by atoms with Crippen molar-refractivity contribution in [1.29, 1.82) is 0 Å². The van der Waals surface area contributed by atoms with Crippen molar-refractivity contribution in [3.8, 4) is 11.3 Å². The molecule has 0 saturated carbocycles. The van der Waals surface area contributed by atoms with Crippen LogP contribution >= 0.6 is 15.9 Å². The summed E-state index contributed by atoms with van der Waals surface area (Å²) in [7, 11) is 0. The van der Waals surface area contributed by atoms with Crippen molar-refractivity contribution in [3.05, 3.63) is 40.6 Å². The largest absolute Gasteiger partial charge is 0.475 e. The maximum atomic E-state index is 10.6. The molecule has 0 aliphatic rings. The average Bonchev–Trinajstić information content (AvgIpc) is 2.66. The fraction of sp³-hybridized carbons (Fsp3) is 0. The van der Waals surface area contributed by atoms with Crippen LogP contribution in [0.4, 0.5) is 0 Å². The lowest BCUT2D eigenvalue weighted by Crippen LogP contribution is -1.91. The molecule has 1 aromatic heterocycles. The van der Waals surface area contributed by atoms with Gasteiger partial charge in [0.2, 0.25) is 5.76 Å². The highest BCUT2D eigenvalue weighted by Crippen LogP contribution is 2.22. The monoisotopic (exact) mass is 267 g/mol. The molecule has 2 rings (SSSR count). The Hall–Kier alpha value is -1.62. The molecule has 76 valence electrons. The third kappa shape index (κ3) is 2.07. The summed E-state index contributed by atoms with van der Waals surface area (Å²) in [4.78, 5) is 10.6. The second kappa shape index (κ2) is 3.86. The van der Waals surface area contributed by atoms with Gasteiger partial charge in [0.1, 0.15) is 5.69 Å². The minimum atomic E-state index is -1.12. The molecule has 0 saturated heterocycles. The van der Waals surface area contributed by atoms with Gasteiger partial charge >= 0.3 is 5.97 Å². The minimum Gasteiger partial charge on any atom is -0.475 e. The number of hydrogen-bond acceptors (Lipinski definition) is 3. The van der Waals surface area contributed by atoms with Crippen molar-refractivity contribution in [2.24, 2.45) is 0 Å². The SMILES string of the molecule is O=C(O)c1cc(-c2cccc(Br)c2)no1. The first-order valence-corrected chi connectivity index (χ1v) is 4.92. The summed E-state index contributed by atoms with van der Waals surface area (Å²) in [5.74, 6) is -1.28. The fourth-order valence-corrected chi connectivity index (χ4v) is 1.56. The van der Waals surface area contributed by atoms with Crippen LogP contribution in [0.15, 0.2) is 39.3 Å². The molecular formula is C10H6BrNO3. The topological polar surface area (TPSA) is 63.3 Å². The van der Waals surface area contributed by atoms with Crippen molar-refractivity contribution >= 4 is 21.9 Å². The maximum Gasteiger partial charge on any atom is 0.374 e. The zero-order valence-electron chi connectivity index (χ0n) is 7.48. The lowest BCUT2D eigenvalue weighted by Gasteiger charge is -1.94. The van der Waals surface area contributed by atoms with Crippen LogP contribution in [0.2, 0.25) is 0 Å². The standard InChI is InChI=1S/C10H6BrNO3/c11-7-3-1-2-6(4-7)8-5-9(10(13)14)15-12-8/h1-5H,(H,13,14). The first-order chi connectivity index (χ1) is 7.16. The zero-order valence-corrected chi connectivity index (χ0v) is 9.06. The summed E-state index contributed by atoms with van der Waals surface area (Å²) in [5, 5.41) is 12.3. The van der Waals surface area contributed by atoms with E-state index < -0.39 is 5.97 Å². The molecule has 0 fully saturated rings. The average molecular weight is 268 g/mol. The van der Waals surface area contributed by atoms with Crippen molar-refractivity contribution in [2.45, 2.75) is 0 Å². The molecule has 1 heterocycles. The molecule has 0 spiro atoms. The number of carboxylic acids is 1. The van der Waals surface area contributed by atoms with Crippen LogP contribution in [0, 0.1) is 0 Å². The number of nitrogens with zero attached hydrogens (tertiary/aromatic N) is 1. The molecule has 5 heteroatoms. The Kier molecular flexibility index (Phi) is 2.55. The van der Waals surface area contributed by atoms with E-state index in [2.05, 4.69) is 25.6 Å². The van der Waals surface area contributed by atoms with Crippen molar-refractivity contribution < 1.29 is 14.4 Å². The number of rotatable bonds is 2. The Morgan fingerprint density at radius 1 is 1.40 bits per heavy atom. The van der Waals surface area contributed by atoms with Gasteiger partial charge in [-0.15, -0.1) is 0 Å². The highest BCUT2D eigenvalue weighted by atomic mass is 79.9. The van der Waals surface area contributed by atoms with Gasteiger partial charge in [0.05, 0.1) is 0 Å². The van der Waals surface area contributed by atoms with E-state index in [-0.39, 0.29) is 5.76 Å². The first-order valence-electron chi connectivity index (χ1n) is 4.13. The van der Waals surface area contributed by atoms with Crippen molar-refractivity contribution in [2.75, 3.05) is 0 Å². The third-order valence-electron chi connectivity index (χ3n) is 1.84. The van der Waals surface area contributed by atoms with Gasteiger partial charge < -0.3 is 9.63 Å².